The molecule has 0 aliphatic carbocycles. The third-order valence-corrected chi connectivity index (χ3v) is 3.31. The Bertz CT molecular complexity index is 553. The fourth-order valence-electron chi connectivity index (χ4n) is 2.14. The zero-order valence-electron chi connectivity index (χ0n) is 10.3. The molecule has 0 saturated carbocycles. The lowest BCUT2D eigenvalue weighted by Crippen LogP contribution is -2.33. The van der Waals surface area contributed by atoms with E-state index in [0.29, 0.717) is 0 Å². The van der Waals surface area contributed by atoms with E-state index in [1.165, 1.54) is 5.56 Å². The molecule has 1 aromatic heterocycles. The fraction of sp³-hybridized carbons (Fsp3) is 0.286. The molecule has 1 aliphatic heterocycles. The van der Waals surface area contributed by atoms with Gasteiger partial charge in [0.25, 0.3) is 0 Å². The van der Waals surface area contributed by atoms with Gasteiger partial charge in [0, 0.05) is 24.8 Å². The van der Waals surface area contributed by atoms with Gasteiger partial charge < -0.3 is 10.1 Å². The highest BCUT2D eigenvalue weighted by Crippen LogP contribution is 2.23. The largest absolute Gasteiger partial charge is 0.371 e. The summed E-state index contributed by atoms with van der Waals surface area (Å²) < 4.78 is 5.72. The van der Waals surface area contributed by atoms with Gasteiger partial charge in [0.05, 0.1) is 18.4 Å². The Morgan fingerprint density at radius 2 is 2.05 bits per heavy atom. The summed E-state index contributed by atoms with van der Waals surface area (Å²) >= 11 is 5.80. The Morgan fingerprint density at radius 1 is 1.21 bits per heavy atom. The van der Waals surface area contributed by atoms with Crippen LogP contribution in [0.5, 0.6) is 0 Å². The van der Waals surface area contributed by atoms with Gasteiger partial charge in [0.15, 0.2) is 0 Å². The molecule has 1 saturated heterocycles. The number of halogens is 1. The van der Waals surface area contributed by atoms with Gasteiger partial charge in [-0.15, -0.1) is 0 Å². The van der Waals surface area contributed by atoms with Crippen LogP contribution in [0.15, 0.2) is 36.5 Å². The summed E-state index contributed by atoms with van der Waals surface area (Å²) in [5.41, 5.74) is 3.03. The topological polar surface area (TPSA) is 47.0 Å². The monoisotopic (exact) mass is 275 g/mol. The Morgan fingerprint density at radius 3 is 2.74 bits per heavy atom. The van der Waals surface area contributed by atoms with Crippen LogP contribution in [0.25, 0.3) is 11.3 Å². The van der Waals surface area contributed by atoms with Crippen LogP contribution in [0.1, 0.15) is 11.7 Å². The summed E-state index contributed by atoms with van der Waals surface area (Å²) in [5.74, 6) is 0. The van der Waals surface area contributed by atoms with Crippen molar-refractivity contribution in [3.05, 3.63) is 47.4 Å². The van der Waals surface area contributed by atoms with Crippen molar-refractivity contribution < 1.29 is 4.74 Å². The average Bonchev–Trinajstić information content (AvgIpc) is 2.48. The first kappa shape index (κ1) is 12.5. The Labute approximate surface area is 116 Å². The number of hydrogen-bond donors (Lipinski definition) is 1. The normalized spacial score (nSPS) is 19.3. The third kappa shape index (κ3) is 2.92. The second kappa shape index (κ2) is 5.65. The molecule has 2 aromatic rings. The molecule has 98 valence electrons. The molecule has 2 heterocycles. The van der Waals surface area contributed by atoms with Crippen LogP contribution in [0.2, 0.25) is 5.28 Å². The maximum absolute atomic E-state index is 5.80. The fourth-order valence-corrected chi connectivity index (χ4v) is 2.29. The van der Waals surface area contributed by atoms with Crippen molar-refractivity contribution in [2.24, 2.45) is 0 Å². The number of benzene rings is 1. The first-order chi connectivity index (χ1) is 9.33. The van der Waals surface area contributed by atoms with Gasteiger partial charge in [-0.3, -0.25) is 0 Å². The predicted octanol–water partition coefficient (Wildman–Crippen LogP) is 2.46. The van der Waals surface area contributed by atoms with E-state index in [1.54, 1.807) is 6.20 Å². The second-order valence-corrected chi connectivity index (χ2v) is 4.73. The van der Waals surface area contributed by atoms with Crippen molar-refractivity contribution in [3.8, 4) is 11.3 Å². The summed E-state index contributed by atoms with van der Waals surface area (Å²) in [6, 6.07) is 10.1. The molecule has 1 atom stereocenters. The van der Waals surface area contributed by atoms with Gasteiger partial charge in [-0.1, -0.05) is 24.3 Å². The van der Waals surface area contributed by atoms with Gasteiger partial charge in [0.1, 0.15) is 0 Å². The van der Waals surface area contributed by atoms with Crippen molar-refractivity contribution >= 4 is 11.6 Å². The molecule has 0 amide bonds. The van der Waals surface area contributed by atoms with E-state index < -0.39 is 0 Å². The number of nitrogens with one attached hydrogen (secondary N) is 1. The van der Waals surface area contributed by atoms with E-state index in [1.807, 2.05) is 18.2 Å². The first-order valence-electron chi connectivity index (χ1n) is 6.24. The van der Waals surface area contributed by atoms with Crippen molar-refractivity contribution in [1.29, 1.82) is 0 Å². The van der Waals surface area contributed by atoms with Crippen LogP contribution in [0.3, 0.4) is 0 Å². The van der Waals surface area contributed by atoms with Crippen molar-refractivity contribution in [1.82, 2.24) is 15.3 Å². The first-order valence-corrected chi connectivity index (χ1v) is 6.62. The van der Waals surface area contributed by atoms with Crippen LogP contribution >= 0.6 is 11.6 Å². The lowest BCUT2D eigenvalue weighted by atomic mass is 10.0. The molecule has 1 unspecified atom stereocenters. The minimum Gasteiger partial charge on any atom is -0.371 e. The maximum Gasteiger partial charge on any atom is 0.222 e. The standard InChI is InChI=1S/C14H14ClN3O/c15-14-17-6-5-12(18-14)10-1-3-11(4-2-10)13-9-16-7-8-19-13/h1-6,13,16H,7-9H2. The molecule has 0 spiro atoms. The molecule has 0 bridgehead atoms. The highest BCUT2D eigenvalue weighted by atomic mass is 35.5. The predicted molar refractivity (Wildman–Crippen MR) is 74.0 cm³/mol. The van der Waals surface area contributed by atoms with Crippen LogP contribution in [-0.4, -0.2) is 29.7 Å². The number of ether oxygens (including phenoxy) is 1. The van der Waals surface area contributed by atoms with Gasteiger partial charge in [0.2, 0.25) is 5.28 Å². The van der Waals surface area contributed by atoms with E-state index in [9.17, 15) is 0 Å². The van der Waals surface area contributed by atoms with Crippen molar-refractivity contribution in [2.45, 2.75) is 6.10 Å². The van der Waals surface area contributed by atoms with Gasteiger partial charge in [-0.2, -0.15) is 0 Å². The molecule has 1 N–H and O–H groups in total. The number of morpholine rings is 1. The third-order valence-electron chi connectivity index (χ3n) is 3.13. The van der Waals surface area contributed by atoms with Gasteiger partial charge >= 0.3 is 0 Å². The lowest BCUT2D eigenvalue weighted by Gasteiger charge is -2.24. The average molecular weight is 276 g/mol. The molecule has 3 rings (SSSR count). The number of hydrogen-bond acceptors (Lipinski definition) is 4. The van der Waals surface area contributed by atoms with Crippen LogP contribution in [-0.2, 0) is 4.74 Å². The van der Waals surface area contributed by atoms with E-state index in [4.69, 9.17) is 16.3 Å². The van der Waals surface area contributed by atoms with E-state index in [0.717, 1.165) is 31.0 Å². The lowest BCUT2D eigenvalue weighted by molar-refractivity contribution is 0.0277. The zero-order valence-corrected chi connectivity index (χ0v) is 11.1. The van der Waals surface area contributed by atoms with E-state index in [2.05, 4.69) is 27.4 Å². The van der Waals surface area contributed by atoms with Gasteiger partial charge in [-0.25, -0.2) is 9.97 Å². The van der Waals surface area contributed by atoms with Crippen molar-refractivity contribution in [3.63, 3.8) is 0 Å². The summed E-state index contributed by atoms with van der Waals surface area (Å²) in [6.07, 6.45) is 1.80. The quantitative estimate of drug-likeness (QED) is 0.856. The molecule has 1 aliphatic rings. The Kier molecular flexibility index (Phi) is 3.73. The van der Waals surface area contributed by atoms with Crippen molar-refractivity contribution in [2.75, 3.05) is 19.7 Å². The molecule has 19 heavy (non-hydrogen) atoms. The minimum atomic E-state index is 0.136. The van der Waals surface area contributed by atoms with E-state index >= 15 is 0 Å². The molecular formula is C14H14ClN3O. The van der Waals surface area contributed by atoms with Crippen LogP contribution in [0.4, 0.5) is 0 Å². The van der Waals surface area contributed by atoms with Crippen LogP contribution < -0.4 is 5.32 Å². The van der Waals surface area contributed by atoms with Gasteiger partial charge in [-0.05, 0) is 23.2 Å². The van der Waals surface area contributed by atoms with Crippen LogP contribution in [0, 0.1) is 0 Å². The number of nitrogens with zero attached hydrogens (tertiary/aromatic N) is 2. The summed E-state index contributed by atoms with van der Waals surface area (Å²) in [5, 5.41) is 3.59. The number of rotatable bonds is 2. The summed E-state index contributed by atoms with van der Waals surface area (Å²) in [7, 11) is 0. The molecule has 0 radical (unpaired) electrons. The molecular weight excluding hydrogens is 262 g/mol. The highest BCUT2D eigenvalue weighted by molar-refractivity contribution is 6.28. The molecule has 5 heteroatoms. The highest BCUT2D eigenvalue weighted by Gasteiger charge is 2.15. The molecule has 4 nitrogen and oxygen atoms in total. The summed E-state index contributed by atoms with van der Waals surface area (Å²) in [4.78, 5) is 8.08. The molecule has 1 fully saturated rings. The molecule has 1 aromatic carbocycles. The smallest absolute Gasteiger partial charge is 0.222 e. The number of aromatic nitrogens is 2. The Balaban J connectivity index is 1.82. The summed E-state index contributed by atoms with van der Waals surface area (Å²) in [6.45, 7) is 2.54. The SMILES string of the molecule is Clc1nccc(-c2ccc(C3CNCCO3)cc2)n1. The zero-order chi connectivity index (χ0) is 13.1. The second-order valence-electron chi connectivity index (χ2n) is 4.40. The van der Waals surface area contributed by atoms with E-state index in [-0.39, 0.29) is 11.4 Å². The maximum atomic E-state index is 5.80. The minimum absolute atomic E-state index is 0.136. The Hall–Kier alpha value is -1.49.